The number of rotatable bonds is 52. The van der Waals surface area contributed by atoms with Crippen molar-refractivity contribution in [3.8, 4) is 0 Å². The maximum absolute atomic E-state index is 13.3. The van der Waals surface area contributed by atoms with Crippen LogP contribution in [-0.2, 0) is 33.2 Å². The molecule has 0 aromatic rings. The monoisotopic (exact) mass is 1250 g/mol. The molecule has 1 amide bonds. The number of aliphatic hydroxyl groups excluding tert-OH is 11. The first kappa shape index (κ1) is 79.7. The minimum absolute atomic E-state index is 0.235. The molecule has 0 aliphatic carbocycles. The molecule has 0 radical (unpaired) electrons. The predicted octanol–water partition coefficient (Wildman–Crippen LogP) is 8.77. The maximum Gasteiger partial charge on any atom is 0.220 e. The zero-order chi connectivity index (χ0) is 64.0. The zero-order valence-corrected chi connectivity index (χ0v) is 53.9. The third-order valence-corrected chi connectivity index (χ3v) is 17.0. The molecule has 3 fully saturated rings. The Morgan fingerprint density at radius 2 is 0.773 bits per heavy atom. The van der Waals surface area contributed by atoms with Crippen LogP contribution in [0.5, 0.6) is 0 Å². The predicted molar refractivity (Wildman–Crippen MR) is 342 cm³/mol. The summed E-state index contributed by atoms with van der Waals surface area (Å²) in [6.07, 6.45) is 35.6. The van der Waals surface area contributed by atoms with E-state index in [1.54, 1.807) is 6.08 Å². The van der Waals surface area contributed by atoms with Crippen molar-refractivity contribution in [2.24, 2.45) is 0 Å². The SMILES string of the molecule is CCCC/C=C/CC/C=C/C(O)C(COC1OC(CO)C(OC2OC(CO)C(OC3OC(CO)C(O)C(O)C3O)C(O)C2O)C(O)C1O)NC(=O)CCCCCCCCCCCCCCCCCCCCCC/C=C\C/C=C\C/C=C\CCCCCCC. The molecule has 0 aromatic carbocycles. The van der Waals surface area contributed by atoms with E-state index in [1.807, 2.05) is 6.08 Å². The standard InChI is InChI=1S/C69H123NO18/c1-3-5-7-9-11-13-14-15-16-17-18-19-20-21-22-23-24-25-26-27-28-29-30-31-32-33-34-35-36-37-38-39-41-43-45-47-57(75)70-52(53(74)46-44-42-40-12-10-8-6-4-2)51-83-67-63(81)60(78)65(55(49-72)85-67)88-69-64(82)61(79)66(56(50-73)86-69)87-68-62(80)59(77)58(76)54(48-71)84-68/h10,12,14-15,17-18,20-21,44,46,52-56,58-69,71-74,76-82H,3-9,11,13,16,19,22-43,45,47-51H2,1-2H3,(H,70,75)/b12-10+,15-14-,18-17-,21-20-,46-44+. The highest BCUT2D eigenvalue weighted by Gasteiger charge is 2.53. The van der Waals surface area contributed by atoms with E-state index in [0.29, 0.717) is 12.8 Å². The highest BCUT2D eigenvalue weighted by molar-refractivity contribution is 5.76. The lowest BCUT2D eigenvalue weighted by atomic mass is 9.96. The molecule has 0 aromatic heterocycles. The van der Waals surface area contributed by atoms with Crippen molar-refractivity contribution < 1.29 is 89.4 Å². The van der Waals surface area contributed by atoms with E-state index < -0.39 is 124 Å². The van der Waals surface area contributed by atoms with Gasteiger partial charge in [-0.05, 0) is 64.2 Å². The number of nitrogens with one attached hydrogen (secondary N) is 1. The Kier molecular flexibility index (Phi) is 46.2. The highest BCUT2D eigenvalue weighted by atomic mass is 16.8. The zero-order valence-electron chi connectivity index (χ0n) is 53.9. The summed E-state index contributed by atoms with van der Waals surface area (Å²) in [6, 6.07) is -0.988. The second kappa shape index (κ2) is 51.0. The van der Waals surface area contributed by atoms with Crippen molar-refractivity contribution in [1.82, 2.24) is 5.32 Å². The molecule has 19 nitrogen and oxygen atoms in total. The van der Waals surface area contributed by atoms with Crippen LogP contribution in [0, 0.1) is 0 Å². The third kappa shape index (κ3) is 32.9. The molecule has 88 heavy (non-hydrogen) atoms. The fourth-order valence-corrected chi connectivity index (χ4v) is 11.4. The third-order valence-electron chi connectivity index (χ3n) is 17.0. The molecule has 12 N–H and O–H groups in total. The van der Waals surface area contributed by atoms with Gasteiger partial charge in [-0.25, -0.2) is 0 Å². The van der Waals surface area contributed by atoms with E-state index in [9.17, 15) is 61.0 Å². The van der Waals surface area contributed by atoms with E-state index in [-0.39, 0.29) is 18.9 Å². The van der Waals surface area contributed by atoms with Gasteiger partial charge in [0.2, 0.25) is 5.91 Å². The van der Waals surface area contributed by atoms with Crippen molar-refractivity contribution in [2.75, 3.05) is 26.4 Å². The molecule has 0 bridgehead atoms. The number of allylic oxidation sites excluding steroid dienone is 9. The Hall–Kier alpha value is -2.51. The van der Waals surface area contributed by atoms with Gasteiger partial charge >= 0.3 is 0 Å². The topological polar surface area (TPSA) is 307 Å². The summed E-state index contributed by atoms with van der Waals surface area (Å²) in [4.78, 5) is 13.3. The van der Waals surface area contributed by atoms with Gasteiger partial charge in [0.25, 0.3) is 0 Å². The lowest BCUT2D eigenvalue weighted by Crippen LogP contribution is -2.66. The number of ether oxygens (including phenoxy) is 6. The maximum atomic E-state index is 13.3. The lowest BCUT2D eigenvalue weighted by Gasteiger charge is -2.48. The van der Waals surface area contributed by atoms with Crippen molar-refractivity contribution in [3.05, 3.63) is 60.8 Å². The van der Waals surface area contributed by atoms with Crippen LogP contribution in [0.4, 0.5) is 0 Å². The van der Waals surface area contributed by atoms with Gasteiger partial charge in [-0.15, -0.1) is 0 Å². The second-order valence-corrected chi connectivity index (χ2v) is 24.6. The van der Waals surface area contributed by atoms with Gasteiger partial charge in [0, 0.05) is 6.42 Å². The molecule has 3 aliphatic rings. The van der Waals surface area contributed by atoms with Gasteiger partial charge in [0.15, 0.2) is 18.9 Å². The summed E-state index contributed by atoms with van der Waals surface area (Å²) in [6.45, 7) is 1.61. The van der Waals surface area contributed by atoms with E-state index >= 15 is 0 Å². The molecular formula is C69H123NO18. The van der Waals surface area contributed by atoms with Gasteiger partial charge < -0.3 is 89.9 Å². The summed E-state index contributed by atoms with van der Waals surface area (Å²) < 4.78 is 34.2. The van der Waals surface area contributed by atoms with Crippen LogP contribution in [0.3, 0.4) is 0 Å². The van der Waals surface area contributed by atoms with E-state index in [2.05, 4.69) is 67.8 Å². The fourth-order valence-electron chi connectivity index (χ4n) is 11.4. The summed E-state index contributed by atoms with van der Waals surface area (Å²) in [5.41, 5.74) is 0. The van der Waals surface area contributed by atoms with Crippen molar-refractivity contribution in [3.63, 3.8) is 0 Å². The Labute approximate surface area is 528 Å². The minimum Gasteiger partial charge on any atom is -0.394 e. The van der Waals surface area contributed by atoms with Crippen LogP contribution < -0.4 is 5.32 Å². The average molecular weight is 1250 g/mol. The molecule has 17 atom stereocenters. The Bertz CT molecular complexity index is 1830. The van der Waals surface area contributed by atoms with Crippen LogP contribution in [0.15, 0.2) is 60.8 Å². The number of aliphatic hydroxyl groups is 11. The van der Waals surface area contributed by atoms with Gasteiger partial charge in [0.05, 0.1) is 38.6 Å². The van der Waals surface area contributed by atoms with Crippen LogP contribution >= 0.6 is 0 Å². The second-order valence-electron chi connectivity index (χ2n) is 24.6. The largest absolute Gasteiger partial charge is 0.394 e. The molecule has 19 heteroatoms. The van der Waals surface area contributed by atoms with Crippen molar-refractivity contribution in [2.45, 2.75) is 343 Å². The Morgan fingerprint density at radius 1 is 0.409 bits per heavy atom. The highest BCUT2D eigenvalue weighted by Crippen LogP contribution is 2.33. The molecule has 0 spiro atoms. The quantitative estimate of drug-likeness (QED) is 0.0200. The van der Waals surface area contributed by atoms with Crippen molar-refractivity contribution >= 4 is 5.91 Å². The number of unbranched alkanes of at least 4 members (excludes halogenated alkanes) is 28. The lowest BCUT2D eigenvalue weighted by molar-refractivity contribution is -0.379. The number of amides is 1. The summed E-state index contributed by atoms with van der Waals surface area (Å²) in [5, 5.41) is 120. The van der Waals surface area contributed by atoms with Gasteiger partial charge in [-0.2, -0.15) is 0 Å². The molecule has 17 unspecified atom stereocenters. The molecule has 3 rings (SSSR count). The van der Waals surface area contributed by atoms with Crippen LogP contribution in [0.25, 0.3) is 0 Å². The van der Waals surface area contributed by atoms with Gasteiger partial charge in [-0.3, -0.25) is 4.79 Å². The molecule has 3 heterocycles. The number of carbonyl (C=O) groups excluding carboxylic acids is 1. The van der Waals surface area contributed by atoms with Crippen molar-refractivity contribution in [1.29, 1.82) is 0 Å². The summed E-state index contributed by atoms with van der Waals surface area (Å²) in [7, 11) is 0. The first-order chi connectivity index (χ1) is 42.8. The molecule has 3 aliphatic heterocycles. The first-order valence-electron chi connectivity index (χ1n) is 34.5. The molecule has 512 valence electrons. The number of carbonyl (C=O) groups is 1. The smallest absolute Gasteiger partial charge is 0.220 e. The summed E-state index contributed by atoms with van der Waals surface area (Å²) >= 11 is 0. The van der Waals surface area contributed by atoms with Gasteiger partial charge in [0.1, 0.15) is 73.2 Å². The normalized spacial score (nSPS) is 28.8. The first-order valence-corrected chi connectivity index (χ1v) is 34.5. The average Bonchev–Trinajstić information content (AvgIpc) is 0.958. The fraction of sp³-hybridized carbons (Fsp3) is 0.841. The number of hydrogen-bond donors (Lipinski definition) is 12. The Balaban J connectivity index is 1.29. The van der Waals surface area contributed by atoms with E-state index in [4.69, 9.17) is 28.4 Å². The molecular weight excluding hydrogens is 1130 g/mol. The van der Waals surface area contributed by atoms with E-state index in [1.165, 1.54) is 148 Å². The Morgan fingerprint density at radius 3 is 1.25 bits per heavy atom. The van der Waals surface area contributed by atoms with Gasteiger partial charge in [-0.1, -0.05) is 229 Å². The molecule has 3 saturated heterocycles. The van der Waals surface area contributed by atoms with Crippen LogP contribution in [0.2, 0.25) is 0 Å². The minimum atomic E-state index is -1.98. The number of hydrogen-bond acceptors (Lipinski definition) is 18. The molecule has 0 saturated carbocycles. The van der Waals surface area contributed by atoms with E-state index in [0.717, 1.165) is 57.8 Å². The van der Waals surface area contributed by atoms with Crippen LogP contribution in [0.1, 0.15) is 239 Å². The van der Waals surface area contributed by atoms with Crippen LogP contribution in [-0.4, -0.2) is 193 Å². The summed E-state index contributed by atoms with van der Waals surface area (Å²) in [5.74, 6) is -0.288.